The van der Waals surface area contributed by atoms with E-state index in [4.69, 9.17) is 18.9 Å². The molecule has 0 aromatic carbocycles. The lowest BCUT2D eigenvalue weighted by Gasteiger charge is -2.69. The first-order valence-corrected chi connectivity index (χ1v) is 12.7. The van der Waals surface area contributed by atoms with Crippen LogP contribution in [0.2, 0.25) is 0 Å². The van der Waals surface area contributed by atoms with Crippen molar-refractivity contribution >= 4 is 0 Å². The van der Waals surface area contributed by atoms with Crippen molar-refractivity contribution in [2.45, 2.75) is 74.3 Å². The molecule has 0 aromatic rings. The van der Waals surface area contributed by atoms with Gasteiger partial charge in [-0.15, -0.1) is 0 Å². The zero-order chi connectivity index (χ0) is 23.6. The first-order chi connectivity index (χ1) is 15.8. The van der Waals surface area contributed by atoms with Gasteiger partial charge in [0.05, 0.1) is 37.1 Å². The van der Waals surface area contributed by atoms with Gasteiger partial charge in [0.15, 0.2) is 0 Å². The summed E-state index contributed by atoms with van der Waals surface area (Å²) in [6.45, 7) is 4.18. The Balaban J connectivity index is 1.67. The Morgan fingerprint density at radius 2 is 1.82 bits per heavy atom. The normalized spacial score (nSPS) is 60.9. The number of piperidine rings is 1. The second-order valence-corrected chi connectivity index (χ2v) is 11.9. The number of hydrogen-bond donors (Lipinski definition) is 3. The van der Waals surface area contributed by atoms with Gasteiger partial charge >= 0.3 is 0 Å². The summed E-state index contributed by atoms with van der Waals surface area (Å²) in [6, 6.07) is -0.386. The Labute approximate surface area is 196 Å². The number of rotatable bonds is 6. The molecule has 5 saturated carbocycles. The molecule has 188 valence electrons. The molecule has 1 spiro atoms. The first kappa shape index (κ1) is 23.1. The number of likely N-dealkylation sites (tertiary alicyclic amines) is 1. The Kier molecular flexibility index (Phi) is 4.99. The lowest BCUT2D eigenvalue weighted by atomic mass is 9.42. The van der Waals surface area contributed by atoms with E-state index in [1.165, 1.54) is 0 Å². The highest BCUT2D eigenvalue weighted by Gasteiger charge is 2.91. The third kappa shape index (κ3) is 2.20. The first-order valence-electron chi connectivity index (χ1n) is 12.7. The van der Waals surface area contributed by atoms with Gasteiger partial charge in [0.2, 0.25) is 0 Å². The van der Waals surface area contributed by atoms with Gasteiger partial charge in [-0.2, -0.15) is 0 Å². The van der Waals surface area contributed by atoms with E-state index >= 15 is 0 Å². The van der Waals surface area contributed by atoms with Crippen LogP contribution in [0.4, 0.5) is 0 Å². The Hall–Kier alpha value is -0.320. The van der Waals surface area contributed by atoms with E-state index in [2.05, 4.69) is 11.8 Å². The van der Waals surface area contributed by atoms with Crippen LogP contribution in [-0.4, -0.2) is 110 Å². The maximum absolute atomic E-state index is 12.9. The Morgan fingerprint density at radius 3 is 2.42 bits per heavy atom. The van der Waals surface area contributed by atoms with E-state index in [-0.39, 0.29) is 47.3 Å². The minimum absolute atomic E-state index is 0.00825. The SMILES string of the molecule is CCN1C[C@]2(COC)CC[C@H](O)C34C1C(O)([C@@H](OC)[C@@H]32)[C@@]1(O)C[C@H](OC)[C@H]2C[C@@H]4[C@@H]1[C@H]2OC. The average Bonchev–Trinajstić information content (AvgIpc) is 3.22. The van der Waals surface area contributed by atoms with E-state index in [9.17, 15) is 15.3 Å². The van der Waals surface area contributed by atoms with Crippen LogP contribution >= 0.6 is 0 Å². The number of likely N-dealkylation sites (N-methyl/N-ethyl adjacent to an activating group) is 1. The standard InChI is InChI=1S/C25H41NO7/c1-6-26-11-22(12-30-2)8-7-16(27)24-14-9-13-15(31-3)10-23(28,17(14)18(13)32-4)25(29,21(24)26)20(33-5)19(22)24/h13-21,27-29H,6-12H2,1-5H3/t13-,14-,15+,16+,17-,18+,19-,20+,21?,22+,23-,24?,25?/m1/s1. The van der Waals surface area contributed by atoms with Gasteiger partial charge in [0, 0.05) is 70.0 Å². The molecule has 6 aliphatic rings. The fourth-order valence-electron chi connectivity index (χ4n) is 11.0. The van der Waals surface area contributed by atoms with Crippen molar-refractivity contribution in [3.63, 3.8) is 0 Å². The molecule has 8 heteroatoms. The molecule has 5 aliphatic carbocycles. The van der Waals surface area contributed by atoms with Crippen LogP contribution in [0, 0.1) is 34.5 Å². The van der Waals surface area contributed by atoms with Crippen molar-refractivity contribution < 1.29 is 34.3 Å². The van der Waals surface area contributed by atoms with Crippen LogP contribution in [-0.2, 0) is 18.9 Å². The molecule has 6 fully saturated rings. The molecule has 0 amide bonds. The number of fused-ring (bicyclic) bond motifs is 2. The largest absolute Gasteiger partial charge is 0.392 e. The maximum atomic E-state index is 12.9. The summed E-state index contributed by atoms with van der Waals surface area (Å²) in [4.78, 5) is 2.33. The lowest BCUT2D eigenvalue weighted by molar-refractivity contribution is -0.318. The van der Waals surface area contributed by atoms with E-state index in [1.54, 1.807) is 28.4 Å². The minimum atomic E-state index is -1.55. The summed E-state index contributed by atoms with van der Waals surface area (Å²) in [6.07, 6.45) is 1.06. The summed E-state index contributed by atoms with van der Waals surface area (Å²) in [5, 5.41) is 37.6. The van der Waals surface area contributed by atoms with Gasteiger partial charge in [-0.25, -0.2) is 0 Å². The van der Waals surface area contributed by atoms with Gasteiger partial charge < -0.3 is 34.3 Å². The molecule has 6 rings (SSSR count). The molecule has 8 nitrogen and oxygen atoms in total. The van der Waals surface area contributed by atoms with Crippen molar-refractivity contribution in [2.24, 2.45) is 34.5 Å². The molecule has 33 heavy (non-hydrogen) atoms. The molecule has 1 heterocycles. The predicted molar refractivity (Wildman–Crippen MR) is 119 cm³/mol. The van der Waals surface area contributed by atoms with Crippen LogP contribution < -0.4 is 0 Å². The Bertz CT molecular complexity index is 814. The van der Waals surface area contributed by atoms with Gasteiger partial charge in [0.25, 0.3) is 0 Å². The van der Waals surface area contributed by atoms with Crippen molar-refractivity contribution in [3.05, 3.63) is 0 Å². The van der Waals surface area contributed by atoms with Crippen LogP contribution in [0.5, 0.6) is 0 Å². The number of ether oxygens (including phenoxy) is 4. The molecule has 3 unspecified atom stereocenters. The quantitative estimate of drug-likeness (QED) is 0.512. The fraction of sp³-hybridized carbons (Fsp3) is 1.00. The van der Waals surface area contributed by atoms with Gasteiger partial charge in [-0.3, -0.25) is 4.90 Å². The zero-order valence-corrected chi connectivity index (χ0v) is 20.6. The molecule has 13 atom stereocenters. The third-order valence-electron chi connectivity index (χ3n) is 11.5. The number of aliphatic hydroxyl groups is 3. The predicted octanol–water partition coefficient (Wildman–Crippen LogP) is 0.271. The Morgan fingerprint density at radius 1 is 1.06 bits per heavy atom. The summed E-state index contributed by atoms with van der Waals surface area (Å²) in [5.41, 5.74) is -3.82. The van der Waals surface area contributed by atoms with Crippen molar-refractivity contribution in [3.8, 4) is 0 Å². The molecular weight excluding hydrogens is 426 g/mol. The smallest absolute Gasteiger partial charge is 0.136 e. The number of nitrogens with zero attached hydrogens (tertiary/aromatic N) is 1. The summed E-state index contributed by atoms with van der Waals surface area (Å²) in [7, 11) is 6.79. The van der Waals surface area contributed by atoms with E-state index in [0.29, 0.717) is 19.4 Å². The summed E-state index contributed by atoms with van der Waals surface area (Å²) < 4.78 is 24.0. The van der Waals surface area contributed by atoms with Crippen molar-refractivity contribution in [1.82, 2.24) is 4.90 Å². The average molecular weight is 468 g/mol. The van der Waals surface area contributed by atoms with Gasteiger partial charge in [0.1, 0.15) is 11.2 Å². The van der Waals surface area contributed by atoms with E-state index in [1.807, 2.05) is 0 Å². The third-order valence-corrected chi connectivity index (χ3v) is 11.5. The highest BCUT2D eigenvalue weighted by Crippen LogP contribution is 2.80. The topological polar surface area (TPSA) is 101 Å². The van der Waals surface area contributed by atoms with Crippen molar-refractivity contribution in [2.75, 3.05) is 48.1 Å². The van der Waals surface area contributed by atoms with E-state index in [0.717, 1.165) is 25.9 Å². The molecule has 3 N–H and O–H groups in total. The summed E-state index contributed by atoms with van der Waals surface area (Å²) >= 11 is 0. The lowest BCUT2D eigenvalue weighted by Crippen LogP contribution is -2.82. The van der Waals surface area contributed by atoms with Crippen molar-refractivity contribution in [1.29, 1.82) is 0 Å². The highest BCUT2D eigenvalue weighted by molar-refractivity contribution is 5.41. The molecule has 1 aliphatic heterocycles. The number of hydrogen-bond acceptors (Lipinski definition) is 8. The van der Waals surface area contributed by atoms with Gasteiger partial charge in [-0.1, -0.05) is 6.92 Å². The molecule has 7 bridgehead atoms. The maximum Gasteiger partial charge on any atom is 0.136 e. The van der Waals surface area contributed by atoms with Crippen LogP contribution in [0.25, 0.3) is 0 Å². The summed E-state index contributed by atoms with van der Waals surface area (Å²) in [5.74, 6) is -0.231. The molecular formula is C25H41NO7. The number of methoxy groups -OCH3 is 4. The fourth-order valence-corrected chi connectivity index (χ4v) is 11.0. The second kappa shape index (κ2) is 7.13. The second-order valence-electron chi connectivity index (χ2n) is 11.9. The number of aliphatic hydroxyl groups excluding tert-OH is 1. The molecule has 0 aromatic heterocycles. The zero-order valence-electron chi connectivity index (χ0n) is 20.6. The molecule has 1 saturated heterocycles. The van der Waals surface area contributed by atoms with Crippen LogP contribution in [0.1, 0.15) is 32.6 Å². The monoisotopic (exact) mass is 467 g/mol. The van der Waals surface area contributed by atoms with E-state index < -0.39 is 28.8 Å². The molecule has 0 radical (unpaired) electrons. The minimum Gasteiger partial charge on any atom is -0.392 e. The highest BCUT2D eigenvalue weighted by atomic mass is 16.5. The van der Waals surface area contributed by atoms with Crippen LogP contribution in [0.15, 0.2) is 0 Å². The van der Waals surface area contributed by atoms with Crippen LogP contribution in [0.3, 0.4) is 0 Å². The van der Waals surface area contributed by atoms with Gasteiger partial charge in [-0.05, 0) is 31.7 Å².